The fraction of sp³-hybridized carbons (Fsp3) is 0.556. The van der Waals surface area contributed by atoms with Gasteiger partial charge in [-0.25, -0.2) is 0 Å². The second kappa shape index (κ2) is 9.41. The van der Waals surface area contributed by atoms with Gasteiger partial charge in [0, 0.05) is 18.7 Å². The highest BCUT2D eigenvalue weighted by Gasteiger charge is 2.02. The number of hydrogen-bond donors (Lipinski definition) is 1. The van der Waals surface area contributed by atoms with E-state index < -0.39 is 7.60 Å². The van der Waals surface area contributed by atoms with Gasteiger partial charge in [0.1, 0.15) is 0 Å². The maximum absolute atomic E-state index is 9.92. The summed E-state index contributed by atoms with van der Waals surface area (Å²) in [6.07, 6.45) is 0. The normalized spacial score (nSPS) is 12.7. The summed E-state index contributed by atoms with van der Waals surface area (Å²) >= 11 is 1.78. The number of thiophene rings is 1. The lowest BCUT2D eigenvalue weighted by molar-refractivity contribution is 0.322. The zero-order valence-corrected chi connectivity index (χ0v) is 11.1. The van der Waals surface area contributed by atoms with Crippen molar-refractivity contribution in [1.82, 2.24) is 0 Å². The zero-order chi connectivity index (χ0) is 11.6. The highest BCUT2D eigenvalue weighted by molar-refractivity contribution is 7.51. The van der Waals surface area contributed by atoms with E-state index in [0.29, 0.717) is 0 Å². The molecule has 0 radical (unpaired) electrons. The molecule has 0 spiro atoms. The van der Waals surface area contributed by atoms with E-state index in [2.05, 4.69) is 29.0 Å². The van der Waals surface area contributed by atoms with Crippen LogP contribution in [0.25, 0.3) is 0 Å². The van der Waals surface area contributed by atoms with Gasteiger partial charge in [0.2, 0.25) is 0 Å². The molecular formula is C9H19O3PS. The van der Waals surface area contributed by atoms with Gasteiger partial charge < -0.3 is 9.42 Å². The van der Waals surface area contributed by atoms with E-state index in [1.165, 1.54) is 12.0 Å². The van der Waals surface area contributed by atoms with Crippen molar-refractivity contribution in [2.24, 2.45) is 0 Å². The SMILES string of the molecule is CC.COP(C)(=O)O.Cc1cccs1. The Bertz CT molecular complexity index is 241. The first kappa shape index (κ1) is 16.3. The lowest BCUT2D eigenvalue weighted by Crippen LogP contribution is -1.75. The highest BCUT2D eigenvalue weighted by Crippen LogP contribution is 2.34. The average molecular weight is 238 g/mol. The molecular weight excluding hydrogens is 219 g/mol. The Balaban J connectivity index is 0. The van der Waals surface area contributed by atoms with E-state index in [4.69, 9.17) is 4.89 Å². The molecule has 0 aliphatic carbocycles. The first-order valence-electron chi connectivity index (χ1n) is 4.32. The molecule has 0 saturated heterocycles. The quantitative estimate of drug-likeness (QED) is 0.761. The van der Waals surface area contributed by atoms with Crippen LogP contribution in [0.5, 0.6) is 0 Å². The van der Waals surface area contributed by atoms with E-state index in [1.807, 2.05) is 13.8 Å². The second-order valence-corrected chi connectivity index (χ2v) is 5.33. The lowest BCUT2D eigenvalue weighted by atomic mass is 10.5. The molecule has 3 nitrogen and oxygen atoms in total. The van der Waals surface area contributed by atoms with Gasteiger partial charge in [-0.05, 0) is 18.4 Å². The van der Waals surface area contributed by atoms with Crippen molar-refractivity contribution < 1.29 is 14.0 Å². The van der Waals surface area contributed by atoms with Gasteiger partial charge in [0.05, 0.1) is 0 Å². The van der Waals surface area contributed by atoms with E-state index in [0.717, 1.165) is 6.66 Å². The molecule has 1 atom stereocenters. The third-order valence-electron chi connectivity index (χ3n) is 1.00. The Labute approximate surface area is 90.3 Å². The Morgan fingerprint density at radius 3 is 2.00 bits per heavy atom. The maximum Gasteiger partial charge on any atom is 0.324 e. The Hall–Kier alpha value is -0.150. The van der Waals surface area contributed by atoms with Crippen molar-refractivity contribution in [2.45, 2.75) is 20.8 Å². The molecule has 0 saturated carbocycles. The van der Waals surface area contributed by atoms with Crippen LogP contribution in [0.1, 0.15) is 18.7 Å². The Kier molecular flexibility index (Phi) is 10.9. The van der Waals surface area contributed by atoms with Crippen LogP contribution < -0.4 is 0 Å². The van der Waals surface area contributed by atoms with Crippen LogP contribution in [0.4, 0.5) is 0 Å². The summed E-state index contributed by atoms with van der Waals surface area (Å²) in [5, 5.41) is 2.08. The molecule has 1 N–H and O–H groups in total. The predicted octanol–water partition coefficient (Wildman–Crippen LogP) is 3.53. The summed E-state index contributed by atoms with van der Waals surface area (Å²) in [7, 11) is -1.95. The van der Waals surface area contributed by atoms with Crippen molar-refractivity contribution in [2.75, 3.05) is 13.8 Å². The third-order valence-corrected chi connectivity index (χ3v) is 2.48. The molecule has 0 bridgehead atoms. The molecule has 14 heavy (non-hydrogen) atoms. The number of aryl methyl sites for hydroxylation is 1. The molecule has 0 aromatic carbocycles. The first-order chi connectivity index (χ1) is 6.45. The summed E-state index contributed by atoms with van der Waals surface area (Å²) in [6, 6.07) is 4.16. The predicted molar refractivity (Wildman–Crippen MR) is 63.2 cm³/mol. The molecule has 1 aromatic heterocycles. The fourth-order valence-electron chi connectivity index (χ4n) is 0.361. The van der Waals surface area contributed by atoms with Crippen LogP contribution in [-0.2, 0) is 9.09 Å². The molecule has 0 aliphatic heterocycles. The van der Waals surface area contributed by atoms with Gasteiger partial charge >= 0.3 is 7.60 Å². The molecule has 0 aliphatic rings. The largest absolute Gasteiger partial charge is 0.324 e. The van der Waals surface area contributed by atoms with Crippen LogP contribution in [0.15, 0.2) is 17.5 Å². The maximum atomic E-state index is 9.92. The van der Waals surface area contributed by atoms with E-state index >= 15 is 0 Å². The summed E-state index contributed by atoms with van der Waals surface area (Å²) in [6.45, 7) is 7.23. The molecule has 1 unspecified atom stereocenters. The highest BCUT2D eigenvalue weighted by atomic mass is 32.1. The first-order valence-corrected chi connectivity index (χ1v) is 7.22. The van der Waals surface area contributed by atoms with Crippen LogP contribution in [0, 0.1) is 6.92 Å². The molecule has 0 amide bonds. The monoisotopic (exact) mass is 238 g/mol. The Morgan fingerprint density at radius 1 is 1.50 bits per heavy atom. The zero-order valence-electron chi connectivity index (χ0n) is 9.35. The van der Waals surface area contributed by atoms with Crippen molar-refractivity contribution in [3.63, 3.8) is 0 Å². The van der Waals surface area contributed by atoms with Crippen LogP contribution in [-0.4, -0.2) is 18.7 Å². The van der Waals surface area contributed by atoms with Crippen molar-refractivity contribution >= 4 is 18.9 Å². The minimum absolute atomic E-state index is 1.13. The Morgan fingerprint density at radius 2 is 1.93 bits per heavy atom. The van der Waals surface area contributed by atoms with E-state index in [-0.39, 0.29) is 0 Å². The minimum Gasteiger partial charge on any atom is -0.324 e. The van der Waals surface area contributed by atoms with Crippen molar-refractivity contribution in [3.8, 4) is 0 Å². The molecule has 1 rings (SSSR count). The molecule has 1 heterocycles. The third kappa shape index (κ3) is 14.4. The molecule has 5 heteroatoms. The second-order valence-electron chi connectivity index (χ2n) is 2.21. The summed E-state index contributed by atoms with van der Waals surface area (Å²) < 4.78 is 14.0. The van der Waals surface area contributed by atoms with Gasteiger partial charge in [0.15, 0.2) is 0 Å². The smallest absolute Gasteiger partial charge is 0.324 e. The van der Waals surface area contributed by atoms with Crippen LogP contribution >= 0.6 is 18.9 Å². The molecule has 1 aromatic rings. The van der Waals surface area contributed by atoms with Gasteiger partial charge in [-0.3, -0.25) is 4.57 Å². The summed E-state index contributed by atoms with van der Waals surface area (Å²) in [4.78, 5) is 9.54. The van der Waals surface area contributed by atoms with Crippen molar-refractivity contribution in [1.29, 1.82) is 0 Å². The summed E-state index contributed by atoms with van der Waals surface area (Å²) in [5.41, 5.74) is 0. The number of rotatable bonds is 1. The van der Waals surface area contributed by atoms with Crippen LogP contribution in [0.3, 0.4) is 0 Å². The van der Waals surface area contributed by atoms with Gasteiger partial charge in [-0.1, -0.05) is 19.9 Å². The standard InChI is InChI=1S/C5H6S.C2H7O3P.C2H6/c1-5-3-2-4-6-5;1-5-6(2,3)4;1-2/h2-4H,1H3;1-2H3,(H,3,4);1-2H3. The van der Waals surface area contributed by atoms with Gasteiger partial charge in [-0.15, -0.1) is 11.3 Å². The molecule has 0 fully saturated rings. The fourth-order valence-corrected chi connectivity index (χ4v) is 0.890. The minimum atomic E-state index is -3.15. The average Bonchev–Trinajstić information content (AvgIpc) is 2.59. The van der Waals surface area contributed by atoms with Gasteiger partial charge in [0.25, 0.3) is 0 Å². The van der Waals surface area contributed by atoms with Crippen LogP contribution in [0.2, 0.25) is 0 Å². The van der Waals surface area contributed by atoms with Gasteiger partial charge in [-0.2, -0.15) is 0 Å². The number of hydrogen-bond acceptors (Lipinski definition) is 3. The topological polar surface area (TPSA) is 46.5 Å². The van der Waals surface area contributed by atoms with Crippen molar-refractivity contribution in [3.05, 3.63) is 22.4 Å². The summed E-state index contributed by atoms with van der Waals surface area (Å²) in [5.74, 6) is 0. The van der Waals surface area contributed by atoms with E-state index in [9.17, 15) is 4.57 Å². The molecule has 84 valence electrons. The lowest BCUT2D eigenvalue weighted by Gasteiger charge is -1.96. The van der Waals surface area contributed by atoms with E-state index in [1.54, 1.807) is 11.3 Å².